The van der Waals surface area contributed by atoms with Crippen LogP contribution in [0.2, 0.25) is 5.15 Å². The van der Waals surface area contributed by atoms with Crippen molar-refractivity contribution in [3.05, 3.63) is 41.6 Å². The molecule has 4 nitrogen and oxygen atoms in total. The Morgan fingerprint density at radius 3 is 2.38 bits per heavy atom. The molecule has 0 unspecified atom stereocenters. The van der Waals surface area contributed by atoms with E-state index in [4.69, 9.17) is 11.6 Å². The van der Waals surface area contributed by atoms with E-state index in [0.717, 1.165) is 31.6 Å². The van der Waals surface area contributed by atoms with Gasteiger partial charge < -0.3 is 15.0 Å². The highest BCUT2D eigenvalue weighted by Gasteiger charge is 2.30. The zero-order chi connectivity index (χ0) is 17.2. The number of ether oxygens (including phenoxy) is 1. The molecular formula is C16H15ClF3N3O. The van der Waals surface area contributed by atoms with Crippen LogP contribution in [0.15, 0.2) is 36.4 Å². The van der Waals surface area contributed by atoms with Crippen molar-refractivity contribution in [2.24, 2.45) is 0 Å². The fourth-order valence-electron chi connectivity index (χ4n) is 2.59. The fraction of sp³-hybridized carbons (Fsp3) is 0.312. The third-order valence-electron chi connectivity index (χ3n) is 3.61. The lowest BCUT2D eigenvalue weighted by atomic mass is 10.3. The molecule has 0 saturated carbocycles. The number of benzene rings is 1. The molecule has 1 fully saturated rings. The molecule has 24 heavy (non-hydrogen) atoms. The lowest BCUT2D eigenvalue weighted by molar-refractivity contribution is -0.274. The molecule has 0 aliphatic carbocycles. The van der Waals surface area contributed by atoms with Crippen molar-refractivity contribution < 1.29 is 17.9 Å². The molecule has 1 aromatic heterocycles. The van der Waals surface area contributed by atoms with E-state index in [1.807, 2.05) is 6.07 Å². The number of rotatable bonds is 4. The molecule has 1 aliphatic rings. The van der Waals surface area contributed by atoms with Crippen LogP contribution in [0.5, 0.6) is 5.75 Å². The summed E-state index contributed by atoms with van der Waals surface area (Å²) in [5, 5.41) is 3.40. The Balaban J connectivity index is 1.73. The van der Waals surface area contributed by atoms with Crippen LogP contribution in [-0.4, -0.2) is 24.4 Å². The number of aromatic nitrogens is 1. The Bertz CT molecular complexity index is 701. The van der Waals surface area contributed by atoms with Crippen LogP contribution >= 0.6 is 11.6 Å². The van der Waals surface area contributed by atoms with E-state index in [9.17, 15) is 13.2 Å². The number of nitrogens with zero attached hydrogens (tertiary/aromatic N) is 2. The quantitative estimate of drug-likeness (QED) is 0.783. The van der Waals surface area contributed by atoms with Crippen molar-refractivity contribution in [1.82, 2.24) is 4.98 Å². The van der Waals surface area contributed by atoms with Crippen LogP contribution in [0.3, 0.4) is 0 Å². The summed E-state index contributed by atoms with van der Waals surface area (Å²) in [6, 6.07) is 9.12. The van der Waals surface area contributed by atoms with Gasteiger partial charge in [-0.3, -0.25) is 0 Å². The van der Waals surface area contributed by atoms with Gasteiger partial charge in [0.25, 0.3) is 0 Å². The van der Waals surface area contributed by atoms with Gasteiger partial charge in [-0.1, -0.05) is 11.6 Å². The summed E-state index contributed by atoms with van der Waals surface area (Å²) in [5.41, 5.74) is 1.57. The Morgan fingerprint density at radius 2 is 1.75 bits per heavy atom. The maximum Gasteiger partial charge on any atom is 0.573 e. The van der Waals surface area contributed by atoms with Gasteiger partial charge in [-0.2, -0.15) is 0 Å². The summed E-state index contributed by atoms with van der Waals surface area (Å²) in [5.74, 6) is 0.263. The topological polar surface area (TPSA) is 37.4 Å². The number of halogens is 4. The van der Waals surface area contributed by atoms with Gasteiger partial charge in [-0.05, 0) is 43.2 Å². The van der Waals surface area contributed by atoms with Crippen molar-refractivity contribution in [2.45, 2.75) is 19.2 Å². The van der Waals surface area contributed by atoms with Crippen molar-refractivity contribution in [2.75, 3.05) is 23.3 Å². The predicted octanol–water partition coefficient (Wildman–Crippen LogP) is 4.98. The predicted molar refractivity (Wildman–Crippen MR) is 87.1 cm³/mol. The average Bonchev–Trinajstić information content (AvgIpc) is 3.01. The molecule has 0 spiro atoms. The maximum absolute atomic E-state index is 12.2. The third-order valence-corrected chi connectivity index (χ3v) is 3.80. The Morgan fingerprint density at radius 1 is 1.08 bits per heavy atom. The van der Waals surface area contributed by atoms with E-state index >= 15 is 0 Å². The first-order valence-electron chi connectivity index (χ1n) is 7.44. The molecule has 1 aromatic carbocycles. The van der Waals surface area contributed by atoms with Crippen LogP contribution in [0.4, 0.5) is 30.4 Å². The number of pyridine rings is 1. The molecule has 0 atom stereocenters. The second-order valence-corrected chi connectivity index (χ2v) is 5.81. The van der Waals surface area contributed by atoms with E-state index in [1.54, 1.807) is 6.07 Å². The van der Waals surface area contributed by atoms with E-state index in [-0.39, 0.29) is 5.75 Å². The SMILES string of the molecule is FC(F)(F)Oc1ccc(Nc2cc(N3CCCC3)cc(Cl)n2)cc1. The highest BCUT2D eigenvalue weighted by Crippen LogP contribution is 2.28. The standard InChI is InChI=1S/C16H15ClF3N3O/c17-14-9-12(23-7-1-2-8-23)10-15(22-14)21-11-3-5-13(6-4-11)24-16(18,19)20/h3-6,9-10H,1-2,7-8H2,(H,21,22). The van der Waals surface area contributed by atoms with Gasteiger partial charge in [0.1, 0.15) is 16.7 Å². The van der Waals surface area contributed by atoms with Gasteiger partial charge in [0, 0.05) is 30.5 Å². The molecule has 3 rings (SSSR count). The molecule has 1 saturated heterocycles. The number of nitrogens with one attached hydrogen (secondary N) is 1. The molecule has 1 N–H and O–H groups in total. The van der Waals surface area contributed by atoms with Crippen LogP contribution in [0, 0.1) is 0 Å². The van der Waals surface area contributed by atoms with Crippen LogP contribution < -0.4 is 15.0 Å². The Labute approximate surface area is 142 Å². The van der Waals surface area contributed by atoms with Crippen LogP contribution in [-0.2, 0) is 0 Å². The van der Waals surface area contributed by atoms with E-state index in [0.29, 0.717) is 16.7 Å². The largest absolute Gasteiger partial charge is 0.573 e. The highest BCUT2D eigenvalue weighted by atomic mass is 35.5. The third kappa shape index (κ3) is 4.44. The van der Waals surface area contributed by atoms with Gasteiger partial charge in [0.15, 0.2) is 0 Å². The summed E-state index contributed by atoms with van der Waals surface area (Å²) in [7, 11) is 0. The van der Waals surface area contributed by atoms with Crippen molar-refractivity contribution in [3.63, 3.8) is 0 Å². The summed E-state index contributed by atoms with van der Waals surface area (Å²) < 4.78 is 40.3. The fourth-order valence-corrected chi connectivity index (χ4v) is 2.80. The van der Waals surface area contributed by atoms with E-state index in [2.05, 4.69) is 19.9 Å². The minimum atomic E-state index is -4.70. The lowest BCUT2D eigenvalue weighted by Crippen LogP contribution is -2.17. The van der Waals surface area contributed by atoms with Gasteiger partial charge >= 0.3 is 6.36 Å². The van der Waals surface area contributed by atoms with Crippen molar-refractivity contribution in [3.8, 4) is 5.75 Å². The zero-order valence-corrected chi connectivity index (χ0v) is 13.4. The van der Waals surface area contributed by atoms with Crippen LogP contribution in [0.1, 0.15) is 12.8 Å². The summed E-state index contributed by atoms with van der Waals surface area (Å²) in [6.45, 7) is 1.95. The van der Waals surface area contributed by atoms with Gasteiger partial charge in [0.05, 0.1) is 0 Å². The first-order chi connectivity index (χ1) is 11.4. The number of hydrogen-bond donors (Lipinski definition) is 1. The van der Waals surface area contributed by atoms with Gasteiger partial charge in [0.2, 0.25) is 0 Å². The highest BCUT2D eigenvalue weighted by molar-refractivity contribution is 6.29. The Hall–Kier alpha value is -2.15. The zero-order valence-electron chi connectivity index (χ0n) is 12.6. The molecular weight excluding hydrogens is 343 g/mol. The number of alkyl halides is 3. The molecule has 0 amide bonds. The molecule has 0 bridgehead atoms. The number of anilines is 3. The first kappa shape index (κ1) is 16.7. The molecule has 2 aromatic rings. The van der Waals surface area contributed by atoms with E-state index < -0.39 is 6.36 Å². The van der Waals surface area contributed by atoms with E-state index in [1.165, 1.54) is 24.3 Å². The molecule has 1 aliphatic heterocycles. The first-order valence-corrected chi connectivity index (χ1v) is 7.82. The molecule has 8 heteroatoms. The maximum atomic E-state index is 12.2. The summed E-state index contributed by atoms with van der Waals surface area (Å²) >= 11 is 6.07. The van der Waals surface area contributed by atoms with Gasteiger partial charge in [-0.15, -0.1) is 13.2 Å². The lowest BCUT2D eigenvalue weighted by Gasteiger charge is -2.19. The monoisotopic (exact) mass is 357 g/mol. The summed E-state index contributed by atoms with van der Waals surface area (Å²) in [6.07, 6.45) is -2.42. The smallest absolute Gasteiger partial charge is 0.406 e. The van der Waals surface area contributed by atoms with Crippen molar-refractivity contribution in [1.29, 1.82) is 0 Å². The summed E-state index contributed by atoms with van der Waals surface area (Å²) in [4.78, 5) is 6.42. The Kier molecular flexibility index (Phi) is 4.71. The van der Waals surface area contributed by atoms with Crippen molar-refractivity contribution >= 4 is 28.8 Å². The van der Waals surface area contributed by atoms with Crippen LogP contribution in [0.25, 0.3) is 0 Å². The average molecular weight is 358 g/mol. The molecule has 2 heterocycles. The minimum absolute atomic E-state index is 0.273. The second kappa shape index (κ2) is 6.76. The van der Waals surface area contributed by atoms with Gasteiger partial charge in [-0.25, -0.2) is 4.98 Å². The second-order valence-electron chi connectivity index (χ2n) is 5.42. The minimum Gasteiger partial charge on any atom is -0.406 e. The normalized spacial score (nSPS) is 14.8. The molecule has 0 radical (unpaired) electrons. The number of hydrogen-bond acceptors (Lipinski definition) is 4. The molecule has 128 valence electrons.